The zero-order valence-corrected chi connectivity index (χ0v) is 13.1. The largest absolute Gasteiger partial charge is 0.507 e. The minimum atomic E-state index is -4.81. The molecule has 0 unspecified atom stereocenters. The third-order valence-corrected chi connectivity index (χ3v) is 3.35. The zero-order chi connectivity index (χ0) is 18.2. The number of carbonyl (C=O) groups excluding carboxylic acids is 1. The SMILES string of the molecule is Cc1cc(O)c(C(=O)/C=C/c2c(C)nn(C(F)(F)F)c2Cl)c(=O)o1. The van der Waals surface area contributed by atoms with Crippen LogP contribution in [0.2, 0.25) is 5.15 Å². The molecule has 2 rings (SSSR count). The first-order valence-corrected chi connectivity index (χ1v) is 6.78. The van der Waals surface area contributed by atoms with Gasteiger partial charge in [-0.3, -0.25) is 4.79 Å². The van der Waals surface area contributed by atoms with Crippen molar-refractivity contribution in [2.75, 3.05) is 0 Å². The lowest BCUT2D eigenvalue weighted by molar-refractivity contribution is -0.212. The highest BCUT2D eigenvalue weighted by atomic mass is 35.5. The lowest BCUT2D eigenvalue weighted by Crippen LogP contribution is -2.18. The summed E-state index contributed by atoms with van der Waals surface area (Å²) in [5.74, 6) is -1.44. The first-order valence-electron chi connectivity index (χ1n) is 6.40. The zero-order valence-electron chi connectivity index (χ0n) is 12.3. The Kier molecular flexibility index (Phi) is 4.57. The molecule has 0 saturated heterocycles. The van der Waals surface area contributed by atoms with Crippen LogP contribution in [0.4, 0.5) is 13.2 Å². The Morgan fingerprint density at radius 1 is 1.42 bits per heavy atom. The lowest BCUT2D eigenvalue weighted by atomic mass is 10.1. The van der Waals surface area contributed by atoms with E-state index in [2.05, 4.69) is 5.10 Å². The van der Waals surface area contributed by atoms with Gasteiger partial charge in [0.1, 0.15) is 22.2 Å². The van der Waals surface area contributed by atoms with Crippen molar-refractivity contribution in [3.05, 3.63) is 50.3 Å². The number of alkyl halides is 3. The molecule has 1 N–H and O–H groups in total. The van der Waals surface area contributed by atoms with Gasteiger partial charge in [-0.05, 0) is 26.0 Å². The van der Waals surface area contributed by atoms with Gasteiger partial charge in [0.05, 0.1) is 5.69 Å². The molecule has 0 aliphatic carbocycles. The highest BCUT2D eigenvalue weighted by Gasteiger charge is 2.35. The van der Waals surface area contributed by atoms with Crippen molar-refractivity contribution < 1.29 is 27.5 Å². The van der Waals surface area contributed by atoms with Crippen LogP contribution < -0.4 is 5.63 Å². The van der Waals surface area contributed by atoms with Crippen molar-refractivity contribution in [2.24, 2.45) is 0 Å². The number of hydrogen-bond donors (Lipinski definition) is 1. The maximum Gasteiger partial charge on any atom is 0.505 e. The standard InChI is InChI=1S/C14H10ClF3N2O4/c1-6-5-10(22)11(13(23)24-6)9(21)4-3-8-7(2)19-20(12(8)15)14(16,17)18/h3-5,22H,1-2H3/b4-3+. The van der Waals surface area contributed by atoms with E-state index in [9.17, 15) is 27.9 Å². The summed E-state index contributed by atoms with van der Waals surface area (Å²) in [7, 11) is 0. The second kappa shape index (κ2) is 6.16. The third kappa shape index (κ3) is 3.35. The van der Waals surface area contributed by atoms with Crippen LogP contribution in [0.15, 0.2) is 21.4 Å². The van der Waals surface area contributed by atoms with E-state index in [0.717, 1.165) is 18.2 Å². The van der Waals surface area contributed by atoms with Gasteiger partial charge < -0.3 is 9.52 Å². The van der Waals surface area contributed by atoms with Gasteiger partial charge in [-0.25, -0.2) is 4.79 Å². The molecule has 0 spiro atoms. The lowest BCUT2D eigenvalue weighted by Gasteiger charge is -2.06. The van der Waals surface area contributed by atoms with Crippen molar-refractivity contribution in [3.8, 4) is 5.75 Å². The van der Waals surface area contributed by atoms with Crippen molar-refractivity contribution in [3.63, 3.8) is 0 Å². The smallest absolute Gasteiger partial charge is 0.505 e. The monoisotopic (exact) mass is 362 g/mol. The summed E-state index contributed by atoms with van der Waals surface area (Å²) < 4.78 is 42.4. The summed E-state index contributed by atoms with van der Waals surface area (Å²) in [6, 6.07) is 1.07. The first-order chi connectivity index (χ1) is 11.0. The van der Waals surface area contributed by atoms with Crippen LogP contribution in [0.5, 0.6) is 5.75 Å². The Morgan fingerprint density at radius 2 is 2.04 bits per heavy atom. The van der Waals surface area contributed by atoms with Crippen LogP contribution in [-0.2, 0) is 6.30 Å². The topological polar surface area (TPSA) is 85.3 Å². The summed E-state index contributed by atoms with van der Waals surface area (Å²) >= 11 is 5.62. The molecule has 2 aromatic heterocycles. The Balaban J connectivity index is 2.41. The molecule has 6 nitrogen and oxygen atoms in total. The third-order valence-electron chi connectivity index (χ3n) is 2.99. The number of allylic oxidation sites excluding steroid dienone is 1. The molecular formula is C14H10ClF3N2O4. The average Bonchev–Trinajstić information content (AvgIpc) is 2.70. The van der Waals surface area contributed by atoms with Crippen LogP contribution in [-0.4, -0.2) is 20.7 Å². The predicted octanol–water partition coefficient (Wildman–Crippen LogP) is 3.18. The number of aromatic nitrogens is 2. The number of nitrogens with zero attached hydrogens (tertiary/aromatic N) is 2. The number of aromatic hydroxyl groups is 1. The van der Waals surface area contributed by atoms with E-state index < -0.39 is 34.2 Å². The average molecular weight is 363 g/mol. The predicted molar refractivity (Wildman–Crippen MR) is 78.0 cm³/mol. The second-order valence-electron chi connectivity index (χ2n) is 4.77. The molecule has 0 radical (unpaired) electrons. The minimum Gasteiger partial charge on any atom is -0.507 e. The molecule has 0 aliphatic rings. The van der Waals surface area contributed by atoms with Gasteiger partial charge in [-0.15, -0.1) is 13.2 Å². The molecule has 0 aromatic carbocycles. The van der Waals surface area contributed by atoms with Crippen molar-refractivity contribution >= 4 is 23.5 Å². The Labute approximate surface area is 137 Å². The molecule has 0 saturated carbocycles. The number of ketones is 1. The number of aryl methyl sites for hydroxylation is 2. The normalized spacial score (nSPS) is 12.1. The number of rotatable bonds is 3. The van der Waals surface area contributed by atoms with Crippen LogP contribution in [0.1, 0.15) is 27.4 Å². The van der Waals surface area contributed by atoms with E-state index in [1.165, 1.54) is 13.8 Å². The van der Waals surface area contributed by atoms with Crippen molar-refractivity contribution in [1.29, 1.82) is 0 Å². The summed E-state index contributed by atoms with van der Waals surface area (Å²) in [4.78, 5) is 23.6. The fourth-order valence-corrected chi connectivity index (χ4v) is 2.27. The van der Waals surface area contributed by atoms with Crippen molar-refractivity contribution in [2.45, 2.75) is 20.1 Å². The fourth-order valence-electron chi connectivity index (χ4n) is 1.93. The fraction of sp³-hybridized carbons (Fsp3) is 0.214. The van der Waals surface area contributed by atoms with E-state index in [1.54, 1.807) is 0 Å². The van der Waals surface area contributed by atoms with Crippen LogP contribution in [0, 0.1) is 13.8 Å². The van der Waals surface area contributed by atoms with E-state index in [0.29, 0.717) is 0 Å². The van der Waals surface area contributed by atoms with Gasteiger partial charge in [0.15, 0.2) is 5.78 Å². The van der Waals surface area contributed by atoms with Gasteiger partial charge in [-0.1, -0.05) is 11.6 Å². The van der Waals surface area contributed by atoms with E-state index >= 15 is 0 Å². The molecule has 10 heteroatoms. The molecule has 2 heterocycles. The summed E-state index contributed by atoms with van der Waals surface area (Å²) in [5.41, 5.74) is -1.90. The van der Waals surface area contributed by atoms with Gasteiger partial charge >= 0.3 is 11.9 Å². The molecular weight excluding hydrogens is 353 g/mol. The number of halogens is 4. The molecule has 0 amide bonds. The first kappa shape index (κ1) is 17.8. The summed E-state index contributed by atoms with van der Waals surface area (Å²) in [6.07, 6.45) is -3.03. The molecule has 0 fully saturated rings. The Morgan fingerprint density at radius 3 is 2.54 bits per heavy atom. The molecule has 2 aromatic rings. The van der Waals surface area contributed by atoms with E-state index in [1.807, 2.05) is 0 Å². The van der Waals surface area contributed by atoms with E-state index in [-0.39, 0.29) is 21.7 Å². The maximum absolute atomic E-state index is 12.7. The summed E-state index contributed by atoms with van der Waals surface area (Å²) in [5, 5.41) is 12.2. The Bertz CT molecular complexity index is 897. The minimum absolute atomic E-state index is 0.0680. The van der Waals surface area contributed by atoms with Gasteiger partial charge in [0.2, 0.25) is 0 Å². The summed E-state index contributed by atoms with van der Waals surface area (Å²) in [6.45, 7) is 2.68. The van der Waals surface area contributed by atoms with Gasteiger partial charge in [0, 0.05) is 11.6 Å². The molecule has 0 bridgehead atoms. The quantitative estimate of drug-likeness (QED) is 0.669. The Hall–Kier alpha value is -2.55. The van der Waals surface area contributed by atoms with E-state index in [4.69, 9.17) is 16.0 Å². The van der Waals surface area contributed by atoms with Crippen LogP contribution in [0.25, 0.3) is 6.08 Å². The highest BCUT2D eigenvalue weighted by Crippen LogP contribution is 2.30. The number of hydrogen-bond acceptors (Lipinski definition) is 5. The van der Waals surface area contributed by atoms with Crippen LogP contribution >= 0.6 is 11.6 Å². The number of carbonyl (C=O) groups is 1. The van der Waals surface area contributed by atoms with Gasteiger partial charge in [-0.2, -0.15) is 9.78 Å². The van der Waals surface area contributed by atoms with Crippen LogP contribution in [0.3, 0.4) is 0 Å². The van der Waals surface area contributed by atoms with Gasteiger partial charge in [0.25, 0.3) is 0 Å². The molecule has 24 heavy (non-hydrogen) atoms. The maximum atomic E-state index is 12.7. The molecule has 128 valence electrons. The van der Waals surface area contributed by atoms with Crippen molar-refractivity contribution in [1.82, 2.24) is 9.78 Å². The second-order valence-corrected chi connectivity index (χ2v) is 5.13. The highest BCUT2D eigenvalue weighted by molar-refractivity contribution is 6.31. The molecule has 0 atom stereocenters. The molecule has 0 aliphatic heterocycles.